The number of carbonyl (C=O) groups is 2. The number of anilines is 1. The van der Waals surface area contributed by atoms with Crippen LogP contribution in [0.5, 0.6) is 0 Å². The molecule has 1 aliphatic rings. The number of halogens is 1. The van der Waals surface area contributed by atoms with Crippen molar-refractivity contribution in [3.63, 3.8) is 0 Å². The van der Waals surface area contributed by atoms with Gasteiger partial charge < -0.3 is 14.9 Å². The molecule has 1 aliphatic heterocycles. The molecule has 10 nitrogen and oxygen atoms in total. The molecule has 12 heteroatoms. The van der Waals surface area contributed by atoms with Crippen molar-refractivity contribution in [2.75, 3.05) is 24.6 Å². The highest BCUT2D eigenvalue weighted by Gasteiger charge is 2.33. The summed E-state index contributed by atoms with van der Waals surface area (Å²) in [7, 11) is -4.32. The number of carbonyl (C=O) groups excluding carboxylic acids is 2. The second-order valence-electron chi connectivity index (χ2n) is 13.0. The van der Waals surface area contributed by atoms with Gasteiger partial charge >= 0.3 is 0 Å². The molecular weight excluding hydrogens is 789 g/mol. The van der Waals surface area contributed by atoms with E-state index in [0.717, 1.165) is 64.2 Å². The molecular formula is C40H42IN5O5S. The number of hydrogen-bond acceptors (Lipinski definition) is 8. The van der Waals surface area contributed by atoms with E-state index in [2.05, 4.69) is 51.0 Å². The molecule has 0 saturated heterocycles. The van der Waals surface area contributed by atoms with Crippen molar-refractivity contribution >= 4 is 61.1 Å². The maximum atomic E-state index is 14.6. The fourth-order valence-electron chi connectivity index (χ4n) is 6.59. The Kier molecular flexibility index (Phi) is 11.9. The summed E-state index contributed by atoms with van der Waals surface area (Å²) in [5.74, 6) is -0.838. The average Bonchev–Trinajstić information content (AvgIpc) is 3.16. The van der Waals surface area contributed by atoms with Gasteiger partial charge in [0, 0.05) is 40.5 Å². The van der Waals surface area contributed by atoms with Crippen LogP contribution in [0.3, 0.4) is 0 Å². The Bertz CT molecular complexity index is 2200. The Morgan fingerprint density at radius 2 is 1.62 bits per heavy atom. The summed E-state index contributed by atoms with van der Waals surface area (Å²) in [4.78, 5) is 42.0. The van der Waals surface area contributed by atoms with Gasteiger partial charge in [-0.2, -0.15) is 0 Å². The molecule has 0 bridgehead atoms. The second kappa shape index (κ2) is 16.5. The first-order chi connectivity index (χ1) is 25.1. The smallest absolute Gasteiger partial charge is 0.265 e. The van der Waals surface area contributed by atoms with Gasteiger partial charge in [0.25, 0.3) is 21.8 Å². The van der Waals surface area contributed by atoms with Crippen molar-refractivity contribution in [3.8, 4) is 11.3 Å². The third kappa shape index (κ3) is 8.13. The molecule has 0 saturated carbocycles. The second-order valence-corrected chi connectivity index (χ2v) is 15.9. The van der Waals surface area contributed by atoms with Crippen LogP contribution in [0.25, 0.3) is 22.0 Å². The zero-order valence-corrected chi connectivity index (χ0v) is 32.2. The highest BCUT2D eigenvalue weighted by atomic mass is 127. The lowest BCUT2D eigenvalue weighted by Gasteiger charge is -2.36. The Morgan fingerprint density at radius 3 is 2.35 bits per heavy atom. The van der Waals surface area contributed by atoms with Gasteiger partial charge in [0.2, 0.25) is 5.95 Å². The summed E-state index contributed by atoms with van der Waals surface area (Å²) >= 11 is 2.17. The fraction of sp³-hybridized carbons (Fsp3) is 0.300. The Hall–Kier alpha value is -4.40. The molecule has 2 heterocycles. The number of aliphatic hydroxyl groups is 1. The molecule has 4 aromatic carbocycles. The molecule has 1 aromatic heterocycles. The van der Waals surface area contributed by atoms with E-state index in [4.69, 9.17) is 4.98 Å². The van der Waals surface area contributed by atoms with Gasteiger partial charge in [0.1, 0.15) is 0 Å². The van der Waals surface area contributed by atoms with E-state index in [1.807, 2.05) is 42.5 Å². The van der Waals surface area contributed by atoms with Crippen molar-refractivity contribution in [1.82, 2.24) is 19.6 Å². The van der Waals surface area contributed by atoms with Gasteiger partial charge in [-0.05, 0) is 106 Å². The van der Waals surface area contributed by atoms with Gasteiger partial charge in [0.15, 0.2) is 0 Å². The van der Waals surface area contributed by atoms with Crippen LogP contribution in [-0.2, 0) is 23.0 Å². The van der Waals surface area contributed by atoms with Crippen LogP contribution in [0.1, 0.15) is 71.4 Å². The molecule has 1 atom stereocenters. The standard InChI is InChI=1S/C40H42IN5O5S/c1-3-5-20-45(21-6-4-2)40-42-19-18-36(43-40)37-34(38(48)44-52(50,51)33-17-15-27-14-16-31(41)22-30(27)24-33)12-9-13-35(37)39(49)46-25-29-11-8-7-10-28(29)23-32(46)26-47/h7-19,22,24,32,47H,3-6,20-21,23,25-26H2,1-2H3,(H,44,48). The zero-order valence-electron chi connectivity index (χ0n) is 29.3. The van der Waals surface area contributed by atoms with Crippen LogP contribution in [0.4, 0.5) is 5.95 Å². The zero-order chi connectivity index (χ0) is 36.8. The molecule has 2 N–H and O–H groups in total. The predicted molar refractivity (Wildman–Crippen MR) is 212 cm³/mol. The monoisotopic (exact) mass is 831 g/mol. The number of nitrogens with one attached hydrogen (secondary N) is 1. The van der Waals surface area contributed by atoms with E-state index in [1.165, 1.54) is 18.2 Å². The summed E-state index contributed by atoms with van der Waals surface area (Å²) in [5.41, 5.74) is 2.68. The minimum absolute atomic E-state index is 0.0268. The molecule has 270 valence electrons. The van der Waals surface area contributed by atoms with Gasteiger partial charge in [-0.25, -0.2) is 23.1 Å². The number of nitrogens with zero attached hydrogens (tertiary/aromatic N) is 4. The third-order valence-corrected chi connectivity index (χ3v) is 11.4. The first kappa shape index (κ1) is 37.4. The van der Waals surface area contributed by atoms with Crippen molar-refractivity contribution in [2.24, 2.45) is 0 Å². The highest BCUT2D eigenvalue weighted by molar-refractivity contribution is 14.1. The normalized spacial score (nSPS) is 14.2. The van der Waals surface area contributed by atoms with Gasteiger partial charge in [-0.1, -0.05) is 69.2 Å². The van der Waals surface area contributed by atoms with Crippen molar-refractivity contribution in [2.45, 2.75) is 63.4 Å². The number of hydrogen-bond donors (Lipinski definition) is 2. The Morgan fingerprint density at radius 1 is 0.904 bits per heavy atom. The van der Waals surface area contributed by atoms with E-state index >= 15 is 0 Å². The van der Waals surface area contributed by atoms with E-state index in [9.17, 15) is 23.1 Å². The van der Waals surface area contributed by atoms with E-state index < -0.39 is 27.9 Å². The van der Waals surface area contributed by atoms with Crippen LogP contribution in [-0.4, -0.2) is 65.9 Å². The maximum absolute atomic E-state index is 14.6. The van der Waals surface area contributed by atoms with Crippen LogP contribution in [0.15, 0.2) is 96.0 Å². The average molecular weight is 832 g/mol. The lowest BCUT2D eigenvalue weighted by atomic mass is 9.91. The number of unbranched alkanes of at least 4 members (excludes halogenated alkanes) is 2. The van der Waals surface area contributed by atoms with E-state index in [0.29, 0.717) is 18.1 Å². The van der Waals surface area contributed by atoms with Gasteiger partial charge in [-0.3, -0.25) is 9.59 Å². The minimum atomic E-state index is -4.32. The minimum Gasteiger partial charge on any atom is -0.394 e. The van der Waals surface area contributed by atoms with E-state index in [-0.39, 0.29) is 34.7 Å². The molecule has 0 aliphatic carbocycles. The molecule has 5 aromatic rings. The SMILES string of the molecule is CCCCN(CCCC)c1nccc(-c2c(C(=O)NS(=O)(=O)c3ccc4ccc(I)cc4c3)cccc2C(=O)N2Cc3ccccc3CC2CO)n1. The summed E-state index contributed by atoms with van der Waals surface area (Å²) in [6.07, 6.45) is 5.92. The number of aromatic nitrogens is 2. The van der Waals surface area contributed by atoms with Crippen LogP contribution >= 0.6 is 22.6 Å². The predicted octanol–water partition coefficient (Wildman–Crippen LogP) is 6.99. The maximum Gasteiger partial charge on any atom is 0.265 e. The molecule has 0 spiro atoms. The Balaban J connectivity index is 1.44. The number of sulfonamides is 1. The summed E-state index contributed by atoms with van der Waals surface area (Å²) in [6, 6.07) is 24.1. The first-order valence-electron chi connectivity index (χ1n) is 17.6. The Labute approximate surface area is 318 Å². The lowest BCUT2D eigenvalue weighted by molar-refractivity contribution is 0.0545. The van der Waals surface area contributed by atoms with Crippen molar-refractivity contribution < 1.29 is 23.1 Å². The van der Waals surface area contributed by atoms with E-state index in [1.54, 1.807) is 35.4 Å². The third-order valence-electron chi connectivity index (χ3n) is 9.42. The number of aliphatic hydroxyl groups excluding tert-OH is 1. The van der Waals surface area contributed by atoms with Crippen LogP contribution in [0, 0.1) is 3.57 Å². The van der Waals surface area contributed by atoms with Crippen LogP contribution < -0.4 is 9.62 Å². The number of amides is 2. The summed E-state index contributed by atoms with van der Waals surface area (Å²) < 4.78 is 30.7. The number of rotatable bonds is 13. The quantitative estimate of drug-likeness (QED) is 0.122. The van der Waals surface area contributed by atoms with Crippen molar-refractivity contribution in [3.05, 3.63) is 117 Å². The molecule has 52 heavy (non-hydrogen) atoms. The molecule has 6 rings (SSSR count). The van der Waals surface area contributed by atoms with Gasteiger partial charge in [0.05, 0.1) is 28.8 Å². The van der Waals surface area contributed by atoms with Crippen LogP contribution in [0.2, 0.25) is 0 Å². The number of benzene rings is 4. The lowest BCUT2D eigenvalue weighted by Crippen LogP contribution is -2.46. The summed E-state index contributed by atoms with van der Waals surface area (Å²) in [5, 5.41) is 12.0. The molecule has 2 amide bonds. The van der Waals surface area contributed by atoms with Gasteiger partial charge in [-0.15, -0.1) is 0 Å². The van der Waals surface area contributed by atoms with Crippen molar-refractivity contribution in [1.29, 1.82) is 0 Å². The number of fused-ring (bicyclic) bond motifs is 2. The molecule has 1 unspecified atom stereocenters. The topological polar surface area (TPSA) is 133 Å². The highest BCUT2D eigenvalue weighted by Crippen LogP contribution is 2.32. The largest absolute Gasteiger partial charge is 0.394 e. The first-order valence-corrected chi connectivity index (χ1v) is 20.2. The fourth-order valence-corrected chi connectivity index (χ4v) is 8.10. The molecule has 0 radical (unpaired) electrons. The molecule has 0 fully saturated rings. The summed E-state index contributed by atoms with van der Waals surface area (Å²) in [6.45, 7) is 5.73.